The van der Waals surface area contributed by atoms with Gasteiger partial charge in [0, 0.05) is 0 Å². The summed E-state index contributed by atoms with van der Waals surface area (Å²) in [6, 6.07) is 0. The maximum Gasteiger partial charge on any atom is 0.264 e. The molecule has 0 N–H and O–H groups in total. The highest BCUT2D eigenvalue weighted by molar-refractivity contribution is 7.94. The number of hydrogen-bond acceptors (Lipinski definition) is 5. The molecular formula is C10H20O5S2. The summed E-state index contributed by atoms with van der Waals surface area (Å²) in [5.74, 6) is 0. The second kappa shape index (κ2) is 4.20. The van der Waals surface area contributed by atoms with Crippen LogP contribution >= 0.6 is 0 Å². The van der Waals surface area contributed by atoms with Gasteiger partial charge in [-0.1, -0.05) is 6.92 Å². The lowest BCUT2D eigenvalue weighted by molar-refractivity contribution is 0.308. The molecule has 7 heteroatoms. The Balaban J connectivity index is 2.93. The minimum atomic E-state index is -3.59. The summed E-state index contributed by atoms with van der Waals surface area (Å²) in [5, 5.41) is 0. The SMILES string of the molecule is CCC(C)(C)S(=O)(=O)C1(COS(C)(=O)=O)CC1. The second-order valence-corrected chi connectivity index (χ2v) is 9.89. The maximum atomic E-state index is 12.4. The molecule has 0 aromatic heterocycles. The molecule has 1 aliphatic rings. The predicted octanol–water partition coefficient (Wildman–Crippen LogP) is 1.10. The summed E-state index contributed by atoms with van der Waals surface area (Å²) < 4.78 is 49.5. The monoisotopic (exact) mass is 284 g/mol. The molecule has 1 saturated carbocycles. The van der Waals surface area contributed by atoms with E-state index in [4.69, 9.17) is 0 Å². The van der Waals surface area contributed by atoms with Gasteiger partial charge < -0.3 is 0 Å². The molecule has 0 saturated heterocycles. The Morgan fingerprint density at radius 2 is 1.65 bits per heavy atom. The third-order valence-electron chi connectivity index (χ3n) is 3.49. The normalized spacial score (nSPS) is 20.2. The van der Waals surface area contributed by atoms with Crippen molar-refractivity contribution in [2.24, 2.45) is 0 Å². The fourth-order valence-electron chi connectivity index (χ4n) is 1.62. The van der Waals surface area contributed by atoms with Crippen molar-refractivity contribution in [3.05, 3.63) is 0 Å². The van der Waals surface area contributed by atoms with Crippen molar-refractivity contribution in [2.45, 2.75) is 49.5 Å². The van der Waals surface area contributed by atoms with Gasteiger partial charge in [-0.25, -0.2) is 8.42 Å². The number of hydrogen-bond donors (Lipinski definition) is 0. The molecule has 0 radical (unpaired) electrons. The third kappa shape index (κ3) is 2.82. The zero-order chi connectivity index (χ0) is 13.5. The Morgan fingerprint density at radius 1 is 1.18 bits per heavy atom. The molecule has 0 atom stereocenters. The fraction of sp³-hybridized carbons (Fsp3) is 1.00. The molecule has 17 heavy (non-hydrogen) atoms. The van der Waals surface area contributed by atoms with Crippen LogP contribution in [0.25, 0.3) is 0 Å². The van der Waals surface area contributed by atoms with Crippen molar-refractivity contribution in [2.75, 3.05) is 12.9 Å². The lowest BCUT2D eigenvalue weighted by atomic mass is 10.1. The van der Waals surface area contributed by atoms with E-state index in [0.29, 0.717) is 19.3 Å². The van der Waals surface area contributed by atoms with Crippen LogP contribution in [0.4, 0.5) is 0 Å². The van der Waals surface area contributed by atoms with Gasteiger partial charge in [-0.05, 0) is 33.1 Å². The molecule has 1 rings (SSSR count). The molecule has 1 fully saturated rings. The molecule has 5 nitrogen and oxygen atoms in total. The largest absolute Gasteiger partial charge is 0.269 e. The van der Waals surface area contributed by atoms with Gasteiger partial charge in [0.1, 0.15) is 0 Å². The lowest BCUT2D eigenvalue weighted by Gasteiger charge is -2.28. The van der Waals surface area contributed by atoms with E-state index < -0.39 is 29.4 Å². The van der Waals surface area contributed by atoms with E-state index in [2.05, 4.69) is 4.18 Å². The van der Waals surface area contributed by atoms with Crippen LogP contribution in [-0.4, -0.2) is 39.2 Å². The smallest absolute Gasteiger partial charge is 0.264 e. The summed E-state index contributed by atoms with van der Waals surface area (Å²) in [7, 11) is -6.98. The van der Waals surface area contributed by atoms with Gasteiger partial charge in [0.05, 0.1) is 22.4 Å². The quantitative estimate of drug-likeness (QED) is 0.683. The standard InChI is InChI=1S/C10H20O5S2/c1-5-9(2,3)17(13,14)10(6-7-10)8-15-16(4,11)12/h5-8H2,1-4H3. The van der Waals surface area contributed by atoms with Crippen LogP contribution in [0, 0.1) is 0 Å². The van der Waals surface area contributed by atoms with Crippen molar-refractivity contribution < 1.29 is 21.0 Å². The van der Waals surface area contributed by atoms with E-state index >= 15 is 0 Å². The van der Waals surface area contributed by atoms with Crippen LogP contribution in [0.3, 0.4) is 0 Å². The van der Waals surface area contributed by atoms with Crippen molar-refractivity contribution >= 4 is 20.0 Å². The van der Waals surface area contributed by atoms with Crippen molar-refractivity contribution in [1.29, 1.82) is 0 Å². The van der Waals surface area contributed by atoms with E-state index in [1.54, 1.807) is 13.8 Å². The van der Waals surface area contributed by atoms with Crippen LogP contribution in [0.15, 0.2) is 0 Å². The lowest BCUT2D eigenvalue weighted by Crippen LogP contribution is -2.43. The Labute approximate surface area is 104 Å². The Bertz CT molecular complexity index is 483. The van der Waals surface area contributed by atoms with E-state index in [9.17, 15) is 16.8 Å². The maximum absolute atomic E-state index is 12.4. The van der Waals surface area contributed by atoms with Crippen LogP contribution in [0.1, 0.15) is 40.0 Å². The molecule has 0 heterocycles. The summed E-state index contributed by atoms with van der Waals surface area (Å²) in [6.07, 6.45) is 2.39. The second-order valence-electron chi connectivity index (χ2n) is 5.27. The van der Waals surface area contributed by atoms with Gasteiger partial charge in [0.2, 0.25) is 0 Å². The first-order valence-corrected chi connectivity index (χ1v) is 8.86. The topological polar surface area (TPSA) is 77.5 Å². The Morgan fingerprint density at radius 3 is 1.94 bits per heavy atom. The fourth-order valence-corrected chi connectivity index (χ4v) is 4.54. The van der Waals surface area contributed by atoms with Gasteiger partial charge >= 0.3 is 0 Å². The highest BCUT2D eigenvalue weighted by Gasteiger charge is 2.59. The van der Waals surface area contributed by atoms with Gasteiger partial charge in [-0.2, -0.15) is 8.42 Å². The summed E-state index contributed by atoms with van der Waals surface area (Å²) in [4.78, 5) is 0. The van der Waals surface area contributed by atoms with Gasteiger partial charge in [0.15, 0.2) is 9.84 Å². The van der Waals surface area contributed by atoms with Gasteiger partial charge in [-0.15, -0.1) is 0 Å². The van der Waals surface area contributed by atoms with E-state index in [1.165, 1.54) is 0 Å². The molecule has 0 aromatic rings. The van der Waals surface area contributed by atoms with Gasteiger partial charge in [-0.3, -0.25) is 4.18 Å². The first-order chi connectivity index (χ1) is 7.47. The van der Waals surface area contributed by atoms with E-state index in [-0.39, 0.29) is 6.61 Å². The van der Waals surface area contributed by atoms with Crippen molar-refractivity contribution in [3.63, 3.8) is 0 Å². The average molecular weight is 284 g/mol. The zero-order valence-electron chi connectivity index (χ0n) is 10.7. The molecule has 0 aromatic carbocycles. The summed E-state index contributed by atoms with van der Waals surface area (Å²) in [5.41, 5.74) is 0. The molecule has 0 aliphatic heterocycles. The number of sulfone groups is 1. The van der Waals surface area contributed by atoms with Gasteiger partial charge in [0.25, 0.3) is 10.1 Å². The van der Waals surface area contributed by atoms with Crippen LogP contribution in [0.5, 0.6) is 0 Å². The zero-order valence-corrected chi connectivity index (χ0v) is 12.3. The third-order valence-corrected chi connectivity index (χ3v) is 7.45. The number of rotatable bonds is 6. The molecule has 1 aliphatic carbocycles. The average Bonchev–Trinajstić information content (AvgIpc) is 2.94. The Kier molecular flexibility index (Phi) is 3.69. The highest BCUT2D eigenvalue weighted by atomic mass is 32.2. The molecule has 0 amide bonds. The first-order valence-electron chi connectivity index (χ1n) is 5.56. The van der Waals surface area contributed by atoms with E-state index in [1.807, 2.05) is 6.92 Å². The van der Waals surface area contributed by atoms with Crippen LogP contribution < -0.4 is 0 Å². The van der Waals surface area contributed by atoms with Crippen molar-refractivity contribution in [3.8, 4) is 0 Å². The first kappa shape index (κ1) is 14.9. The van der Waals surface area contributed by atoms with E-state index in [0.717, 1.165) is 6.26 Å². The van der Waals surface area contributed by atoms with Crippen LogP contribution in [-0.2, 0) is 24.1 Å². The predicted molar refractivity (Wildman–Crippen MR) is 66.1 cm³/mol. The summed E-state index contributed by atoms with van der Waals surface area (Å²) >= 11 is 0. The van der Waals surface area contributed by atoms with Crippen molar-refractivity contribution in [1.82, 2.24) is 0 Å². The van der Waals surface area contributed by atoms with Crippen LogP contribution in [0.2, 0.25) is 0 Å². The molecule has 0 spiro atoms. The Hall–Kier alpha value is -0.140. The highest BCUT2D eigenvalue weighted by Crippen LogP contribution is 2.49. The summed E-state index contributed by atoms with van der Waals surface area (Å²) in [6.45, 7) is 4.90. The molecule has 0 unspecified atom stereocenters. The minimum Gasteiger partial charge on any atom is -0.269 e. The molecular weight excluding hydrogens is 264 g/mol. The minimum absolute atomic E-state index is 0.252. The molecule has 102 valence electrons. The molecule has 0 bridgehead atoms.